The van der Waals surface area contributed by atoms with E-state index in [1.807, 2.05) is 0 Å². The van der Waals surface area contributed by atoms with E-state index in [9.17, 15) is 27.1 Å². The molecule has 2 saturated heterocycles. The highest BCUT2D eigenvalue weighted by Crippen LogP contribution is 2.54. The van der Waals surface area contributed by atoms with Crippen LogP contribution in [0.4, 0.5) is 31.9 Å². The molecule has 1 amide bonds. The summed E-state index contributed by atoms with van der Waals surface area (Å²) in [4.78, 5) is 25.8. The molecule has 0 atom stereocenters. The largest absolute Gasteiger partial charge is 0.395 e. The van der Waals surface area contributed by atoms with Gasteiger partial charge in [-0.25, -0.2) is 22.2 Å². The molecule has 1 aromatic carbocycles. The van der Waals surface area contributed by atoms with Gasteiger partial charge in [-0.15, -0.1) is 0 Å². The predicted octanol–water partition coefficient (Wildman–Crippen LogP) is 2.56. The number of carbonyl (C=O) groups is 1. The maximum atomic E-state index is 13.7. The Kier molecular flexibility index (Phi) is 6.21. The van der Waals surface area contributed by atoms with Crippen LogP contribution in [0.1, 0.15) is 47.3 Å². The summed E-state index contributed by atoms with van der Waals surface area (Å²) in [7, 11) is -3.69. The van der Waals surface area contributed by atoms with Gasteiger partial charge >= 0.3 is 0 Å². The van der Waals surface area contributed by atoms with Crippen LogP contribution in [0, 0.1) is 12.3 Å². The molecule has 0 bridgehead atoms. The lowest BCUT2D eigenvalue weighted by Gasteiger charge is -2.38. The van der Waals surface area contributed by atoms with Crippen LogP contribution in [0.15, 0.2) is 18.2 Å². The van der Waals surface area contributed by atoms with Crippen molar-refractivity contribution < 1.29 is 27.1 Å². The van der Waals surface area contributed by atoms with Crippen molar-refractivity contribution in [2.45, 2.75) is 45.0 Å². The zero-order valence-electron chi connectivity index (χ0n) is 21.8. The van der Waals surface area contributed by atoms with E-state index in [1.54, 1.807) is 25.1 Å². The fourth-order valence-corrected chi connectivity index (χ4v) is 7.14. The lowest BCUT2D eigenvalue weighted by Crippen LogP contribution is -2.57. The second kappa shape index (κ2) is 9.26. The number of carbonyl (C=O) groups excluding carboxylic acids is 1. The number of anilines is 4. The first-order valence-corrected chi connectivity index (χ1v) is 14.9. The molecule has 4 heterocycles. The van der Waals surface area contributed by atoms with E-state index in [-0.39, 0.29) is 24.1 Å². The van der Waals surface area contributed by atoms with Gasteiger partial charge in [0.25, 0.3) is 11.8 Å². The second-order valence-electron chi connectivity index (χ2n) is 11.2. The van der Waals surface area contributed by atoms with E-state index in [1.165, 1.54) is 22.0 Å². The van der Waals surface area contributed by atoms with Crippen LogP contribution in [0.2, 0.25) is 0 Å². The van der Waals surface area contributed by atoms with Crippen molar-refractivity contribution in [3.8, 4) is 0 Å². The molecule has 6 rings (SSSR count). The van der Waals surface area contributed by atoms with Crippen LogP contribution in [0.25, 0.3) is 0 Å². The Morgan fingerprint density at radius 2 is 1.74 bits per heavy atom. The Morgan fingerprint density at radius 3 is 2.38 bits per heavy atom. The van der Waals surface area contributed by atoms with Crippen LogP contribution in [-0.4, -0.2) is 80.4 Å². The SMILES string of the molecule is Cc1cc(NC(=O)c2cc3c(cc2N2CCC4(CC2)CC4)N(S(=O)(=O)CCO)CC3)nc(N2CC(F)(F)C2)n1. The molecule has 3 fully saturated rings. The molecule has 0 unspecified atom stereocenters. The van der Waals surface area contributed by atoms with Crippen LogP contribution < -0.4 is 19.4 Å². The van der Waals surface area contributed by atoms with Crippen LogP contribution in [-0.2, 0) is 16.4 Å². The van der Waals surface area contributed by atoms with E-state index in [0.29, 0.717) is 34.5 Å². The van der Waals surface area contributed by atoms with E-state index in [0.717, 1.165) is 31.5 Å². The number of rotatable bonds is 7. The minimum atomic E-state index is -3.69. The number of benzene rings is 1. The van der Waals surface area contributed by atoms with Gasteiger partial charge in [0.2, 0.25) is 16.0 Å². The number of aromatic nitrogens is 2. The summed E-state index contributed by atoms with van der Waals surface area (Å²) < 4.78 is 53.8. The zero-order chi connectivity index (χ0) is 27.6. The van der Waals surface area contributed by atoms with Gasteiger partial charge in [0, 0.05) is 31.4 Å². The number of nitrogens with zero attached hydrogens (tertiary/aromatic N) is 5. The highest BCUT2D eigenvalue weighted by molar-refractivity contribution is 7.92. The van der Waals surface area contributed by atoms with Gasteiger partial charge in [0.1, 0.15) is 5.82 Å². The van der Waals surface area contributed by atoms with Crippen molar-refractivity contribution in [2.24, 2.45) is 5.41 Å². The van der Waals surface area contributed by atoms with Crippen molar-refractivity contribution in [1.82, 2.24) is 9.97 Å². The average molecular weight is 563 g/mol. The highest BCUT2D eigenvalue weighted by Gasteiger charge is 2.46. The summed E-state index contributed by atoms with van der Waals surface area (Å²) in [5.41, 5.74) is 3.30. The first-order chi connectivity index (χ1) is 18.5. The smallest absolute Gasteiger partial charge is 0.282 e. The number of fused-ring (bicyclic) bond motifs is 1. The van der Waals surface area contributed by atoms with Gasteiger partial charge in [-0.2, -0.15) is 4.98 Å². The Balaban J connectivity index is 1.32. The summed E-state index contributed by atoms with van der Waals surface area (Å²) in [6.45, 7) is 2.09. The van der Waals surface area contributed by atoms with Gasteiger partial charge in [0.05, 0.1) is 42.4 Å². The number of halogens is 2. The van der Waals surface area contributed by atoms with Crippen molar-refractivity contribution in [3.63, 3.8) is 0 Å². The molecule has 39 heavy (non-hydrogen) atoms. The molecule has 3 aliphatic heterocycles. The average Bonchev–Trinajstić information content (AvgIpc) is 3.46. The van der Waals surface area contributed by atoms with Crippen LogP contribution in [0.5, 0.6) is 0 Å². The number of aliphatic hydroxyl groups excluding tert-OH is 1. The molecule has 4 aliphatic rings. The fraction of sp³-hybridized carbons (Fsp3) is 0.577. The quantitative estimate of drug-likeness (QED) is 0.529. The number of hydrogen-bond acceptors (Lipinski definition) is 8. The maximum Gasteiger partial charge on any atom is 0.282 e. The Hall–Kier alpha value is -3.06. The number of sulfonamides is 1. The van der Waals surface area contributed by atoms with Crippen molar-refractivity contribution >= 4 is 39.1 Å². The van der Waals surface area contributed by atoms with Gasteiger partial charge in [-0.1, -0.05) is 0 Å². The third-order valence-electron chi connectivity index (χ3n) is 8.31. The lowest BCUT2D eigenvalue weighted by molar-refractivity contribution is -0.0271. The molecule has 1 aromatic heterocycles. The third-order valence-corrected chi connectivity index (χ3v) is 10.1. The van der Waals surface area contributed by atoms with Gasteiger partial charge in [0.15, 0.2) is 0 Å². The molecular weight excluding hydrogens is 530 g/mol. The topological polar surface area (TPSA) is 119 Å². The van der Waals surface area contributed by atoms with Crippen LogP contribution in [0.3, 0.4) is 0 Å². The fourth-order valence-electron chi connectivity index (χ4n) is 5.85. The molecular formula is C26H32F2N6O4S. The number of aryl methyl sites for hydroxylation is 1. The minimum absolute atomic E-state index is 0.140. The molecule has 1 saturated carbocycles. The first kappa shape index (κ1) is 26.2. The number of nitrogens with one attached hydrogen (secondary N) is 1. The first-order valence-electron chi connectivity index (χ1n) is 13.3. The second-order valence-corrected chi connectivity index (χ2v) is 13.2. The van der Waals surface area contributed by atoms with Gasteiger partial charge in [-0.05, 0) is 62.1 Å². The number of alkyl halides is 2. The molecule has 13 heteroatoms. The number of aliphatic hydroxyl groups is 1. The van der Waals surface area contributed by atoms with E-state index < -0.39 is 41.5 Å². The van der Waals surface area contributed by atoms with Crippen molar-refractivity contribution in [1.29, 1.82) is 0 Å². The molecule has 2 aromatic rings. The summed E-state index contributed by atoms with van der Waals surface area (Å²) in [5.74, 6) is -3.20. The molecule has 10 nitrogen and oxygen atoms in total. The minimum Gasteiger partial charge on any atom is -0.395 e. The maximum absolute atomic E-state index is 13.7. The summed E-state index contributed by atoms with van der Waals surface area (Å²) >= 11 is 0. The molecule has 2 N–H and O–H groups in total. The Morgan fingerprint density at radius 1 is 1.03 bits per heavy atom. The number of amides is 1. The van der Waals surface area contributed by atoms with E-state index in [4.69, 9.17) is 0 Å². The van der Waals surface area contributed by atoms with E-state index >= 15 is 0 Å². The molecule has 210 valence electrons. The van der Waals surface area contributed by atoms with Gasteiger partial charge in [-0.3, -0.25) is 9.10 Å². The monoisotopic (exact) mass is 562 g/mol. The van der Waals surface area contributed by atoms with Crippen molar-refractivity contribution in [3.05, 3.63) is 35.0 Å². The highest BCUT2D eigenvalue weighted by atomic mass is 32.2. The standard InChI is InChI=1S/C26H32F2N6O4S/c1-17-12-22(31-24(29-17)33-15-26(27,28)16-33)30-23(36)19-13-18-2-7-34(39(37,38)11-10-35)20(18)14-21(19)32-8-5-25(3-4-25)6-9-32/h12-14,35H,2-11,15-16H2,1H3,(H,29,30,31,36). The van der Waals surface area contributed by atoms with Crippen molar-refractivity contribution in [2.75, 3.05) is 64.5 Å². The number of piperidine rings is 1. The van der Waals surface area contributed by atoms with E-state index in [2.05, 4.69) is 20.2 Å². The normalized spacial score (nSPS) is 21.1. The summed E-state index contributed by atoms with van der Waals surface area (Å²) in [5, 5.41) is 12.1. The summed E-state index contributed by atoms with van der Waals surface area (Å²) in [6.07, 6.45) is 4.94. The molecule has 0 radical (unpaired) electrons. The molecule has 1 aliphatic carbocycles. The predicted molar refractivity (Wildman–Crippen MR) is 143 cm³/mol. The summed E-state index contributed by atoms with van der Waals surface area (Å²) in [6, 6.07) is 5.13. The van der Waals surface area contributed by atoms with Gasteiger partial charge < -0.3 is 20.2 Å². The third kappa shape index (κ3) is 5.02. The lowest BCUT2D eigenvalue weighted by atomic mass is 9.92. The number of hydrogen-bond donors (Lipinski definition) is 2. The Labute approximate surface area is 226 Å². The molecule has 1 spiro atoms. The van der Waals surface area contributed by atoms with Crippen LogP contribution >= 0.6 is 0 Å². The Bertz CT molecular complexity index is 1410. The zero-order valence-corrected chi connectivity index (χ0v) is 22.6.